The number of benzene rings is 1. The van der Waals surface area contributed by atoms with Crippen molar-refractivity contribution in [1.29, 1.82) is 5.26 Å². The summed E-state index contributed by atoms with van der Waals surface area (Å²) in [7, 11) is 0. The quantitative estimate of drug-likeness (QED) is 0.179. The number of rotatable bonds is 11. The van der Waals surface area contributed by atoms with E-state index in [2.05, 4.69) is 25.7 Å². The number of alkyl halides is 1. The highest BCUT2D eigenvalue weighted by molar-refractivity contribution is 6.24. The van der Waals surface area contributed by atoms with E-state index in [4.69, 9.17) is 10.00 Å². The first kappa shape index (κ1) is 30.6. The number of amides is 4. The van der Waals surface area contributed by atoms with Gasteiger partial charge in [0.15, 0.2) is 17.2 Å². The molecule has 4 amide bonds. The fourth-order valence-corrected chi connectivity index (χ4v) is 5.79. The van der Waals surface area contributed by atoms with Gasteiger partial charge in [-0.3, -0.25) is 34.2 Å². The standard InChI is InChI=1S/C33H27FN8O6/c34-19(16-48-26-3-1-2-21-29(26)33(47)41(32(21)46)24-7-9-28(44)40-31(24)45)4-8-25(43)22-15-36-27(11-23(22)39-20-5-6-20)42-30-18(14-38-42)10-17(12-35)13-37-30/h1-3,10-11,13-15,19-20,24H,4-9,16H2,(H,36,39)(H,40,44,45). The van der Waals surface area contributed by atoms with Crippen molar-refractivity contribution in [2.75, 3.05) is 11.9 Å². The van der Waals surface area contributed by atoms with Gasteiger partial charge in [0, 0.05) is 42.7 Å². The zero-order valence-corrected chi connectivity index (χ0v) is 25.3. The summed E-state index contributed by atoms with van der Waals surface area (Å²) in [5, 5.41) is 19.7. The highest BCUT2D eigenvalue weighted by Gasteiger charge is 2.46. The van der Waals surface area contributed by atoms with Gasteiger partial charge in [-0.25, -0.2) is 14.4 Å². The first-order valence-corrected chi connectivity index (χ1v) is 15.4. The van der Waals surface area contributed by atoms with Gasteiger partial charge in [-0.2, -0.15) is 15.0 Å². The largest absolute Gasteiger partial charge is 0.490 e. The number of halogens is 1. The first-order valence-electron chi connectivity index (χ1n) is 15.4. The van der Waals surface area contributed by atoms with Gasteiger partial charge in [-0.05, 0) is 43.9 Å². The number of carbonyl (C=O) groups is 5. The predicted molar refractivity (Wildman–Crippen MR) is 165 cm³/mol. The molecule has 0 radical (unpaired) electrons. The monoisotopic (exact) mass is 650 g/mol. The van der Waals surface area contributed by atoms with E-state index in [1.807, 2.05) is 6.07 Å². The molecule has 14 nitrogen and oxygen atoms in total. The summed E-state index contributed by atoms with van der Waals surface area (Å²) in [4.78, 5) is 73.1. The van der Waals surface area contributed by atoms with Crippen LogP contribution in [-0.4, -0.2) is 78.9 Å². The third-order valence-electron chi connectivity index (χ3n) is 8.42. The number of hydrogen-bond acceptors (Lipinski definition) is 11. The van der Waals surface area contributed by atoms with Crippen molar-refractivity contribution in [2.45, 2.75) is 56.8 Å². The molecule has 1 aliphatic carbocycles. The number of pyridine rings is 2. The van der Waals surface area contributed by atoms with Crippen LogP contribution in [0.4, 0.5) is 10.1 Å². The molecule has 15 heteroatoms. The molecule has 1 aromatic carbocycles. The molecule has 48 heavy (non-hydrogen) atoms. The molecule has 4 aromatic rings. The summed E-state index contributed by atoms with van der Waals surface area (Å²) in [5.74, 6) is -2.61. The number of nitrogens with zero attached hydrogens (tertiary/aromatic N) is 6. The summed E-state index contributed by atoms with van der Waals surface area (Å²) in [6.45, 7) is -0.485. The fourth-order valence-electron chi connectivity index (χ4n) is 5.79. The van der Waals surface area contributed by atoms with Crippen molar-refractivity contribution in [3.63, 3.8) is 0 Å². The lowest BCUT2D eigenvalue weighted by molar-refractivity contribution is -0.136. The molecule has 7 rings (SSSR count). The molecule has 2 aliphatic heterocycles. The average molecular weight is 651 g/mol. The zero-order valence-electron chi connectivity index (χ0n) is 25.3. The van der Waals surface area contributed by atoms with Gasteiger partial charge in [0.05, 0.1) is 34.1 Å². The summed E-state index contributed by atoms with van der Waals surface area (Å²) in [6.07, 6.45) is 4.40. The van der Waals surface area contributed by atoms with Gasteiger partial charge < -0.3 is 10.1 Å². The second kappa shape index (κ2) is 12.3. The molecular weight excluding hydrogens is 623 g/mol. The molecule has 242 valence electrons. The minimum atomic E-state index is -1.59. The molecule has 5 heterocycles. The highest BCUT2D eigenvalue weighted by Crippen LogP contribution is 2.34. The Morgan fingerprint density at radius 3 is 2.71 bits per heavy atom. The van der Waals surface area contributed by atoms with Gasteiger partial charge in [-0.15, -0.1) is 0 Å². The number of aromatic nitrogens is 4. The van der Waals surface area contributed by atoms with Crippen LogP contribution in [0.15, 0.2) is 48.9 Å². The van der Waals surface area contributed by atoms with Crippen molar-refractivity contribution in [1.82, 2.24) is 30.0 Å². The summed E-state index contributed by atoms with van der Waals surface area (Å²) in [5.41, 5.74) is 1.68. The van der Waals surface area contributed by atoms with Gasteiger partial charge in [0.2, 0.25) is 11.8 Å². The Kier molecular flexibility index (Phi) is 7.83. The Morgan fingerprint density at radius 2 is 1.94 bits per heavy atom. The van der Waals surface area contributed by atoms with Gasteiger partial charge in [-0.1, -0.05) is 6.07 Å². The van der Waals surface area contributed by atoms with E-state index in [0.29, 0.717) is 33.7 Å². The number of nitriles is 1. The number of anilines is 1. The lowest BCUT2D eigenvalue weighted by Crippen LogP contribution is -2.54. The van der Waals surface area contributed by atoms with Gasteiger partial charge in [0.25, 0.3) is 11.8 Å². The number of ketones is 1. The topological polar surface area (TPSA) is 189 Å². The van der Waals surface area contributed by atoms with Crippen LogP contribution in [0.3, 0.4) is 0 Å². The first-order chi connectivity index (χ1) is 23.2. The van der Waals surface area contributed by atoms with Crippen LogP contribution in [0, 0.1) is 11.3 Å². The lowest BCUT2D eigenvalue weighted by Gasteiger charge is -2.27. The van der Waals surface area contributed by atoms with Crippen molar-refractivity contribution in [3.05, 3.63) is 71.2 Å². The van der Waals surface area contributed by atoms with E-state index in [-0.39, 0.29) is 54.4 Å². The van der Waals surface area contributed by atoms with Crippen LogP contribution < -0.4 is 15.4 Å². The van der Waals surface area contributed by atoms with Crippen molar-refractivity contribution >= 4 is 46.1 Å². The third-order valence-corrected chi connectivity index (χ3v) is 8.42. The maximum Gasteiger partial charge on any atom is 0.266 e. The maximum absolute atomic E-state index is 15.1. The second-order valence-electron chi connectivity index (χ2n) is 11.8. The molecule has 2 unspecified atom stereocenters. The Labute approximate surface area is 271 Å². The second-order valence-corrected chi connectivity index (χ2v) is 11.8. The summed E-state index contributed by atoms with van der Waals surface area (Å²) < 4.78 is 22.3. The molecule has 3 aromatic heterocycles. The minimum absolute atomic E-state index is 0.00447. The number of ether oxygens (including phenoxy) is 1. The van der Waals surface area contributed by atoms with E-state index in [0.717, 1.165) is 17.7 Å². The Balaban J connectivity index is 1.01. The number of Topliss-reactive ketones (excluding diaryl/α,β-unsaturated/α-hetero) is 1. The predicted octanol–water partition coefficient (Wildman–Crippen LogP) is 3.04. The molecule has 0 spiro atoms. The average Bonchev–Trinajstić information content (AvgIpc) is 3.74. The van der Waals surface area contributed by atoms with Crippen LogP contribution in [0.25, 0.3) is 16.9 Å². The van der Waals surface area contributed by atoms with Crippen molar-refractivity contribution in [3.8, 4) is 17.6 Å². The van der Waals surface area contributed by atoms with Crippen LogP contribution in [0.2, 0.25) is 0 Å². The molecule has 1 saturated carbocycles. The summed E-state index contributed by atoms with van der Waals surface area (Å²) >= 11 is 0. The van der Waals surface area contributed by atoms with Crippen LogP contribution in [0.5, 0.6) is 5.75 Å². The van der Waals surface area contributed by atoms with Crippen LogP contribution in [-0.2, 0) is 9.59 Å². The highest BCUT2D eigenvalue weighted by atomic mass is 19.1. The lowest BCUT2D eigenvalue weighted by atomic mass is 10.0. The van der Waals surface area contributed by atoms with E-state index in [9.17, 15) is 24.0 Å². The van der Waals surface area contributed by atoms with E-state index in [1.54, 1.807) is 18.3 Å². The molecule has 2 atom stereocenters. The van der Waals surface area contributed by atoms with E-state index in [1.165, 1.54) is 35.3 Å². The van der Waals surface area contributed by atoms with E-state index >= 15 is 4.39 Å². The Hall–Kier alpha value is -6.04. The number of carbonyl (C=O) groups excluding carboxylic acids is 5. The molecule has 3 aliphatic rings. The number of nitrogens with one attached hydrogen (secondary N) is 2. The third kappa shape index (κ3) is 5.72. The zero-order chi connectivity index (χ0) is 33.5. The molecular formula is C33H27FN8O6. The van der Waals surface area contributed by atoms with Gasteiger partial charge in [0.1, 0.15) is 30.6 Å². The summed E-state index contributed by atoms with van der Waals surface area (Å²) in [6, 6.07) is 8.81. The Bertz CT molecular complexity index is 2070. The van der Waals surface area contributed by atoms with Crippen molar-refractivity contribution in [2.24, 2.45) is 0 Å². The molecule has 0 bridgehead atoms. The molecule has 1 saturated heterocycles. The fraction of sp³-hybridized carbons (Fsp3) is 0.303. The Morgan fingerprint density at radius 1 is 1.10 bits per heavy atom. The smallest absolute Gasteiger partial charge is 0.266 e. The maximum atomic E-state index is 15.1. The molecule has 2 N–H and O–H groups in total. The number of hydrogen-bond donors (Lipinski definition) is 2. The van der Waals surface area contributed by atoms with Gasteiger partial charge >= 0.3 is 0 Å². The normalized spacial score (nSPS) is 18.0. The molecule has 2 fully saturated rings. The number of imide groups is 2. The SMILES string of the molecule is N#Cc1cnc2c(cnn2-c2cc(NC3CC3)c(C(=O)CCC(F)COc3cccc4c3C(=O)N(C3CCC(=O)NC3=O)C4=O)cn2)c1. The number of fused-ring (bicyclic) bond motifs is 2. The minimum Gasteiger partial charge on any atom is -0.490 e. The van der Waals surface area contributed by atoms with E-state index < -0.39 is 42.4 Å². The number of piperidine rings is 1. The van der Waals surface area contributed by atoms with Crippen LogP contribution >= 0.6 is 0 Å². The van der Waals surface area contributed by atoms with Crippen LogP contribution in [0.1, 0.15) is 75.2 Å². The van der Waals surface area contributed by atoms with Crippen molar-refractivity contribution < 1.29 is 33.1 Å².